The summed E-state index contributed by atoms with van der Waals surface area (Å²) >= 11 is 5.99. The van der Waals surface area contributed by atoms with Crippen LogP contribution in [0, 0.1) is 0 Å². The number of sulfonamides is 1. The highest BCUT2D eigenvalue weighted by molar-refractivity contribution is 7.89. The van der Waals surface area contributed by atoms with E-state index < -0.39 is 15.9 Å². The molecule has 1 heterocycles. The number of nitrogens with one attached hydrogen (secondary N) is 1. The SMILES string of the molecule is O=C(NCCCO)c1cc(S(=O)(=O)N2CCCC2)ccc1Cl. The van der Waals surface area contributed by atoms with Crippen molar-refractivity contribution in [2.24, 2.45) is 0 Å². The molecule has 122 valence electrons. The molecule has 1 amide bonds. The van der Waals surface area contributed by atoms with E-state index in [1.54, 1.807) is 0 Å². The lowest BCUT2D eigenvalue weighted by molar-refractivity contribution is 0.0951. The number of hydrogen-bond acceptors (Lipinski definition) is 4. The molecule has 0 aliphatic carbocycles. The van der Waals surface area contributed by atoms with Gasteiger partial charge >= 0.3 is 0 Å². The van der Waals surface area contributed by atoms with Crippen LogP contribution in [0.25, 0.3) is 0 Å². The van der Waals surface area contributed by atoms with Crippen LogP contribution in [0.2, 0.25) is 5.02 Å². The largest absolute Gasteiger partial charge is 0.396 e. The first kappa shape index (κ1) is 17.2. The average Bonchev–Trinajstić information content (AvgIpc) is 3.02. The Morgan fingerprint density at radius 2 is 2.00 bits per heavy atom. The number of aliphatic hydroxyl groups is 1. The molecule has 6 nitrogen and oxygen atoms in total. The predicted octanol–water partition coefficient (Wildman–Crippen LogP) is 1.24. The molecule has 0 atom stereocenters. The summed E-state index contributed by atoms with van der Waals surface area (Å²) in [6.07, 6.45) is 2.12. The number of carbonyl (C=O) groups is 1. The van der Waals surface area contributed by atoms with Crippen molar-refractivity contribution in [3.8, 4) is 0 Å². The molecule has 0 unspecified atom stereocenters. The fourth-order valence-corrected chi connectivity index (χ4v) is 4.04. The first-order valence-corrected chi connectivity index (χ1v) is 8.97. The molecule has 2 rings (SSSR count). The van der Waals surface area contributed by atoms with Crippen molar-refractivity contribution in [3.05, 3.63) is 28.8 Å². The van der Waals surface area contributed by atoms with Crippen LogP contribution in [0.5, 0.6) is 0 Å². The highest BCUT2D eigenvalue weighted by atomic mass is 35.5. The van der Waals surface area contributed by atoms with Crippen LogP contribution >= 0.6 is 11.6 Å². The Balaban J connectivity index is 2.24. The Kier molecular flexibility index (Phi) is 5.80. The maximum absolute atomic E-state index is 12.5. The van der Waals surface area contributed by atoms with E-state index in [0.717, 1.165) is 12.8 Å². The average molecular weight is 347 g/mol. The summed E-state index contributed by atoms with van der Waals surface area (Å²) < 4.78 is 26.4. The van der Waals surface area contributed by atoms with Gasteiger partial charge in [-0.3, -0.25) is 4.79 Å². The third-order valence-electron chi connectivity index (χ3n) is 3.51. The Hall–Kier alpha value is -1.15. The van der Waals surface area contributed by atoms with Crippen molar-refractivity contribution < 1.29 is 18.3 Å². The molecule has 2 N–H and O–H groups in total. The van der Waals surface area contributed by atoms with E-state index in [1.807, 2.05) is 0 Å². The minimum absolute atomic E-state index is 0.0304. The molecule has 1 saturated heterocycles. The van der Waals surface area contributed by atoms with Crippen LogP contribution in [0.1, 0.15) is 29.6 Å². The number of aliphatic hydroxyl groups excluding tert-OH is 1. The Morgan fingerprint density at radius 3 is 2.64 bits per heavy atom. The molecule has 1 aromatic carbocycles. The maximum atomic E-state index is 12.5. The summed E-state index contributed by atoms with van der Waals surface area (Å²) in [7, 11) is -3.58. The van der Waals surface area contributed by atoms with Gasteiger partial charge in [-0.05, 0) is 37.5 Å². The lowest BCUT2D eigenvalue weighted by Crippen LogP contribution is -2.29. The second kappa shape index (κ2) is 7.41. The Labute approximate surface area is 135 Å². The minimum Gasteiger partial charge on any atom is -0.396 e. The third-order valence-corrected chi connectivity index (χ3v) is 5.73. The summed E-state index contributed by atoms with van der Waals surface area (Å²) in [5, 5.41) is 11.5. The molecule has 22 heavy (non-hydrogen) atoms. The summed E-state index contributed by atoms with van der Waals surface area (Å²) in [4.78, 5) is 12.1. The van der Waals surface area contributed by atoms with E-state index in [4.69, 9.17) is 16.7 Å². The van der Waals surface area contributed by atoms with E-state index in [2.05, 4.69) is 5.32 Å². The molecule has 0 radical (unpaired) electrons. The van der Waals surface area contributed by atoms with Crippen LogP contribution in [0.3, 0.4) is 0 Å². The molecule has 0 bridgehead atoms. The standard InChI is InChI=1S/C14H19ClN2O4S/c15-13-5-4-11(22(20,21)17-7-1-2-8-17)10-12(13)14(19)16-6-3-9-18/h4-5,10,18H,1-3,6-9H2,(H,16,19). The monoisotopic (exact) mass is 346 g/mol. The van der Waals surface area contributed by atoms with Gasteiger partial charge in [0, 0.05) is 26.2 Å². The molecule has 0 spiro atoms. The van der Waals surface area contributed by atoms with Crippen LogP contribution in [0.15, 0.2) is 23.1 Å². The van der Waals surface area contributed by atoms with Crippen molar-refractivity contribution in [3.63, 3.8) is 0 Å². The molecule has 1 aliphatic rings. The maximum Gasteiger partial charge on any atom is 0.252 e. The van der Waals surface area contributed by atoms with Gasteiger partial charge in [0.05, 0.1) is 15.5 Å². The van der Waals surface area contributed by atoms with Crippen molar-refractivity contribution in [1.82, 2.24) is 9.62 Å². The first-order chi connectivity index (χ1) is 10.5. The van der Waals surface area contributed by atoms with E-state index in [0.29, 0.717) is 26.1 Å². The first-order valence-electron chi connectivity index (χ1n) is 7.15. The van der Waals surface area contributed by atoms with E-state index in [1.165, 1.54) is 22.5 Å². The Morgan fingerprint density at radius 1 is 1.32 bits per heavy atom. The predicted molar refractivity (Wildman–Crippen MR) is 83.5 cm³/mol. The highest BCUT2D eigenvalue weighted by Gasteiger charge is 2.28. The van der Waals surface area contributed by atoms with Gasteiger partial charge in [-0.2, -0.15) is 4.31 Å². The van der Waals surface area contributed by atoms with Crippen molar-refractivity contribution in [2.45, 2.75) is 24.2 Å². The van der Waals surface area contributed by atoms with Gasteiger partial charge in [-0.25, -0.2) is 8.42 Å². The fourth-order valence-electron chi connectivity index (χ4n) is 2.29. The Bertz CT molecular complexity index is 642. The van der Waals surface area contributed by atoms with Gasteiger partial charge < -0.3 is 10.4 Å². The molecular formula is C14H19ClN2O4S. The summed E-state index contributed by atoms with van der Waals surface area (Å²) in [5.41, 5.74) is 0.125. The number of carbonyl (C=O) groups excluding carboxylic acids is 1. The quantitative estimate of drug-likeness (QED) is 0.759. The van der Waals surface area contributed by atoms with Crippen LogP contribution in [-0.4, -0.2) is 50.0 Å². The van der Waals surface area contributed by atoms with E-state index in [9.17, 15) is 13.2 Å². The lowest BCUT2D eigenvalue weighted by atomic mass is 10.2. The van der Waals surface area contributed by atoms with Crippen LogP contribution in [-0.2, 0) is 10.0 Å². The number of halogens is 1. The molecule has 0 aromatic heterocycles. The van der Waals surface area contributed by atoms with Gasteiger partial charge in [-0.1, -0.05) is 11.6 Å². The van der Waals surface area contributed by atoms with Gasteiger partial charge in [0.1, 0.15) is 0 Å². The zero-order valence-corrected chi connectivity index (χ0v) is 13.7. The molecule has 8 heteroatoms. The summed E-state index contributed by atoms with van der Waals surface area (Å²) in [5.74, 6) is -0.447. The highest BCUT2D eigenvalue weighted by Crippen LogP contribution is 2.25. The summed E-state index contributed by atoms with van der Waals surface area (Å²) in [6, 6.07) is 4.15. The lowest BCUT2D eigenvalue weighted by Gasteiger charge is -2.16. The van der Waals surface area contributed by atoms with Crippen LogP contribution in [0.4, 0.5) is 0 Å². The van der Waals surface area contributed by atoms with E-state index >= 15 is 0 Å². The van der Waals surface area contributed by atoms with Gasteiger partial charge in [0.25, 0.3) is 5.91 Å². The van der Waals surface area contributed by atoms with Crippen LogP contribution < -0.4 is 5.32 Å². The smallest absolute Gasteiger partial charge is 0.252 e. The number of hydrogen-bond donors (Lipinski definition) is 2. The molecule has 1 fully saturated rings. The van der Waals surface area contributed by atoms with Crippen molar-refractivity contribution >= 4 is 27.5 Å². The third kappa shape index (κ3) is 3.78. The van der Waals surface area contributed by atoms with Crippen molar-refractivity contribution in [1.29, 1.82) is 0 Å². The molecule has 0 saturated carbocycles. The number of benzene rings is 1. The zero-order chi connectivity index (χ0) is 16.2. The van der Waals surface area contributed by atoms with Gasteiger partial charge in [0.2, 0.25) is 10.0 Å². The van der Waals surface area contributed by atoms with Gasteiger partial charge in [-0.15, -0.1) is 0 Å². The second-order valence-corrected chi connectivity index (χ2v) is 7.43. The number of rotatable bonds is 6. The topological polar surface area (TPSA) is 86.7 Å². The second-order valence-electron chi connectivity index (χ2n) is 5.09. The van der Waals surface area contributed by atoms with Crippen molar-refractivity contribution in [2.75, 3.05) is 26.2 Å². The molecule has 1 aromatic rings. The normalized spacial score (nSPS) is 15.9. The summed E-state index contributed by atoms with van der Waals surface area (Å²) in [6.45, 7) is 1.28. The molecular weight excluding hydrogens is 328 g/mol. The van der Waals surface area contributed by atoms with E-state index in [-0.39, 0.29) is 22.1 Å². The number of amides is 1. The van der Waals surface area contributed by atoms with Gasteiger partial charge in [0.15, 0.2) is 0 Å². The minimum atomic E-state index is -3.58. The fraction of sp³-hybridized carbons (Fsp3) is 0.500. The molecule has 1 aliphatic heterocycles. The number of nitrogens with zero attached hydrogens (tertiary/aromatic N) is 1. The zero-order valence-electron chi connectivity index (χ0n) is 12.1.